The van der Waals surface area contributed by atoms with E-state index in [1.54, 1.807) is 18.4 Å². The molecule has 1 rings (SSSR count). The Balaban J connectivity index is 3.01. The lowest BCUT2D eigenvalue weighted by Crippen LogP contribution is -2.34. The number of carbonyl (C=O) groups is 1. The molecule has 1 aromatic carbocycles. The van der Waals surface area contributed by atoms with E-state index in [0.29, 0.717) is 5.69 Å². The van der Waals surface area contributed by atoms with Gasteiger partial charge >= 0.3 is 0 Å². The molecule has 0 unspecified atom stereocenters. The van der Waals surface area contributed by atoms with E-state index in [9.17, 15) is 4.79 Å². The summed E-state index contributed by atoms with van der Waals surface area (Å²) in [4.78, 5) is 14.9. The van der Waals surface area contributed by atoms with E-state index < -0.39 is 11.6 Å². The number of carbonyl (C=O) groups excluding carboxylic acids is 1. The predicted molar refractivity (Wildman–Crippen MR) is 80.4 cm³/mol. The van der Waals surface area contributed by atoms with Gasteiger partial charge in [-0.25, -0.2) is 4.99 Å². The molecular formula is C12H15N5OS. The van der Waals surface area contributed by atoms with E-state index >= 15 is 0 Å². The second kappa shape index (κ2) is 6.69. The molecule has 1 aromatic rings. The number of anilines is 1. The van der Waals surface area contributed by atoms with Gasteiger partial charge in [0.2, 0.25) is 0 Å². The van der Waals surface area contributed by atoms with Crippen molar-refractivity contribution in [3.8, 4) is 0 Å². The number of rotatable bonds is 3. The minimum atomic E-state index is -0.896. The molecule has 0 atom stereocenters. The van der Waals surface area contributed by atoms with Crippen molar-refractivity contribution in [1.82, 2.24) is 0 Å². The van der Waals surface area contributed by atoms with E-state index in [4.69, 9.17) is 16.6 Å². The quantitative estimate of drug-likeness (QED) is 0.497. The minimum Gasteiger partial charge on any atom is -0.364 e. The molecule has 0 saturated heterocycles. The van der Waals surface area contributed by atoms with Crippen LogP contribution in [0.1, 0.15) is 5.56 Å². The monoisotopic (exact) mass is 277 g/mol. The van der Waals surface area contributed by atoms with Crippen molar-refractivity contribution < 1.29 is 4.79 Å². The van der Waals surface area contributed by atoms with Crippen LogP contribution in [0.3, 0.4) is 0 Å². The molecule has 0 aliphatic carbocycles. The van der Waals surface area contributed by atoms with Gasteiger partial charge in [-0.2, -0.15) is 0 Å². The Morgan fingerprint density at radius 1 is 1.32 bits per heavy atom. The average Bonchev–Trinajstić information content (AvgIpc) is 2.39. The molecule has 7 heteroatoms. The molecule has 0 aliphatic heterocycles. The summed E-state index contributed by atoms with van der Waals surface area (Å²) in [6.07, 6.45) is 1.68. The van der Waals surface area contributed by atoms with Gasteiger partial charge in [-0.1, -0.05) is 29.5 Å². The van der Waals surface area contributed by atoms with Crippen LogP contribution in [0.4, 0.5) is 5.69 Å². The fourth-order valence-electron chi connectivity index (χ4n) is 1.18. The van der Waals surface area contributed by atoms with Crippen LogP contribution in [0.2, 0.25) is 0 Å². The summed E-state index contributed by atoms with van der Waals surface area (Å²) in [7, 11) is 0. The SMILES string of the molecule is CSC(=N)/N=C(/Nc1ccc(C)cc1)C(=N)C(N)=O. The van der Waals surface area contributed by atoms with Crippen LogP contribution in [0, 0.1) is 17.7 Å². The van der Waals surface area contributed by atoms with Gasteiger partial charge in [0.15, 0.2) is 16.7 Å². The Kier molecular flexibility index (Phi) is 5.25. The number of amidine groups is 2. The molecule has 0 heterocycles. The van der Waals surface area contributed by atoms with Crippen LogP contribution in [0.25, 0.3) is 0 Å². The average molecular weight is 277 g/mol. The smallest absolute Gasteiger partial charge is 0.270 e. The van der Waals surface area contributed by atoms with Gasteiger partial charge in [0, 0.05) is 5.69 Å². The molecule has 0 fully saturated rings. The molecule has 0 bridgehead atoms. The molecule has 0 spiro atoms. The van der Waals surface area contributed by atoms with Crippen LogP contribution in [-0.4, -0.2) is 28.9 Å². The van der Waals surface area contributed by atoms with E-state index in [2.05, 4.69) is 10.3 Å². The number of aliphatic imine (C=N–C) groups is 1. The van der Waals surface area contributed by atoms with Crippen LogP contribution >= 0.6 is 11.8 Å². The zero-order chi connectivity index (χ0) is 14.4. The van der Waals surface area contributed by atoms with Gasteiger partial charge in [0.1, 0.15) is 0 Å². The first-order valence-electron chi connectivity index (χ1n) is 5.37. The number of benzene rings is 1. The molecule has 0 aliphatic rings. The first kappa shape index (κ1) is 14.9. The fourth-order valence-corrected chi connectivity index (χ4v) is 1.37. The van der Waals surface area contributed by atoms with Gasteiger partial charge < -0.3 is 11.1 Å². The minimum absolute atomic E-state index is 0.0133. The summed E-state index contributed by atoms with van der Waals surface area (Å²) in [6, 6.07) is 7.35. The number of primary amides is 1. The van der Waals surface area contributed by atoms with Crippen molar-refractivity contribution in [3.05, 3.63) is 29.8 Å². The van der Waals surface area contributed by atoms with E-state index in [1.807, 2.05) is 19.1 Å². The lowest BCUT2D eigenvalue weighted by atomic mass is 10.2. The predicted octanol–water partition coefficient (Wildman–Crippen LogP) is 1.61. The Morgan fingerprint density at radius 2 is 1.89 bits per heavy atom. The van der Waals surface area contributed by atoms with Gasteiger partial charge in [0.05, 0.1) is 0 Å². The summed E-state index contributed by atoms with van der Waals surface area (Å²) in [5, 5.41) is 17.9. The van der Waals surface area contributed by atoms with Gasteiger partial charge in [-0.15, -0.1) is 0 Å². The lowest BCUT2D eigenvalue weighted by molar-refractivity contribution is -0.111. The van der Waals surface area contributed by atoms with Gasteiger partial charge in [0.25, 0.3) is 5.91 Å². The molecule has 19 heavy (non-hydrogen) atoms. The number of nitrogens with one attached hydrogen (secondary N) is 3. The highest BCUT2D eigenvalue weighted by molar-refractivity contribution is 8.13. The second-order valence-corrected chi connectivity index (χ2v) is 4.49. The Morgan fingerprint density at radius 3 is 2.37 bits per heavy atom. The van der Waals surface area contributed by atoms with Crippen molar-refractivity contribution in [1.29, 1.82) is 10.8 Å². The maximum Gasteiger partial charge on any atom is 0.270 e. The molecule has 0 radical (unpaired) electrons. The maximum atomic E-state index is 11.1. The first-order chi connectivity index (χ1) is 8.93. The van der Waals surface area contributed by atoms with Crippen molar-refractivity contribution in [3.63, 3.8) is 0 Å². The van der Waals surface area contributed by atoms with Crippen LogP contribution in [0.5, 0.6) is 0 Å². The van der Waals surface area contributed by atoms with Crippen molar-refractivity contribution in [2.24, 2.45) is 10.7 Å². The molecule has 1 amide bonds. The highest BCUT2D eigenvalue weighted by Gasteiger charge is 2.14. The molecule has 0 saturated carbocycles. The van der Waals surface area contributed by atoms with Crippen LogP contribution in [-0.2, 0) is 4.79 Å². The normalized spacial score (nSPS) is 10.9. The van der Waals surface area contributed by atoms with Gasteiger partial charge in [-0.3, -0.25) is 15.6 Å². The summed E-state index contributed by atoms with van der Waals surface area (Å²) in [5.74, 6) is -0.928. The summed E-state index contributed by atoms with van der Waals surface area (Å²) >= 11 is 1.10. The topological polar surface area (TPSA) is 115 Å². The van der Waals surface area contributed by atoms with E-state index in [0.717, 1.165) is 17.3 Å². The zero-order valence-electron chi connectivity index (χ0n) is 10.7. The number of aryl methyl sites for hydroxylation is 1. The molecule has 5 N–H and O–H groups in total. The maximum absolute atomic E-state index is 11.1. The Hall–Kier alpha value is -2.15. The zero-order valence-corrected chi connectivity index (χ0v) is 11.5. The van der Waals surface area contributed by atoms with Crippen LogP contribution in [0.15, 0.2) is 29.3 Å². The Bertz CT molecular complexity index is 536. The van der Waals surface area contributed by atoms with E-state index in [1.165, 1.54) is 0 Å². The number of amides is 1. The second-order valence-electron chi connectivity index (χ2n) is 3.70. The number of nitrogens with zero attached hydrogens (tertiary/aromatic N) is 1. The summed E-state index contributed by atoms with van der Waals surface area (Å²) < 4.78 is 0. The molecule has 6 nitrogen and oxygen atoms in total. The highest BCUT2D eigenvalue weighted by atomic mass is 32.2. The first-order valence-corrected chi connectivity index (χ1v) is 6.60. The van der Waals surface area contributed by atoms with Crippen molar-refractivity contribution >= 4 is 40.1 Å². The third-order valence-electron chi connectivity index (χ3n) is 2.20. The van der Waals surface area contributed by atoms with Crippen LogP contribution < -0.4 is 11.1 Å². The standard InChI is InChI=1S/C12H15N5OS/c1-7-3-5-8(6-4-7)16-11(9(13)10(14)18)17-12(15)19-2/h3-6,13H,1-2H3,(H2,14,18)(H2,15,16,17). The summed E-state index contributed by atoms with van der Waals surface area (Å²) in [6.45, 7) is 1.95. The van der Waals surface area contributed by atoms with Crippen molar-refractivity contribution in [2.75, 3.05) is 11.6 Å². The lowest BCUT2D eigenvalue weighted by Gasteiger charge is -2.09. The number of thioether (sulfide) groups is 1. The highest BCUT2D eigenvalue weighted by Crippen LogP contribution is 2.09. The third kappa shape index (κ3) is 4.55. The summed E-state index contributed by atoms with van der Waals surface area (Å²) in [5.41, 5.74) is 6.37. The van der Waals surface area contributed by atoms with Gasteiger partial charge in [-0.05, 0) is 25.3 Å². The van der Waals surface area contributed by atoms with Crippen molar-refractivity contribution in [2.45, 2.75) is 6.92 Å². The third-order valence-corrected chi connectivity index (χ3v) is 2.68. The number of nitrogens with two attached hydrogens (primary N) is 1. The molecule has 0 aromatic heterocycles. The molecule has 100 valence electrons. The largest absolute Gasteiger partial charge is 0.364 e. The van der Waals surface area contributed by atoms with E-state index in [-0.39, 0.29) is 11.0 Å². The fraction of sp³-hybridized carbons (Fsp3) is 0.167. The molecular weight excluding hydrogens is 262 g/mol. The Labute approximate surface area is 115 Å². The number of hydrogen-bond acceptors (Lipinski definition) is 4. The number of hydrogen-bond donors (Lipinski definition) is 4.